The van der Waals surface area contributed by atoms with Gasteiger partial charge in [-0.25, -0.2) is 0 Å². The Morgan fingerprint density at radius 2 is 2.29 bits per heavy atom. The third-order valence-electron chi connectivity index (χ3n) is 4.05. The third kappa shape index (κ3) is 4.58. The molecule has 1 heterocycles. The van der Waals surface area contributed by atoms with Gasteiger partial charge in [-0.2, -0.15) is 0 Å². The number of nitrogens with zero attached hydrogens (tertiary/aromatic N) is 1. The molecule has 0 radical (unpaired) electrons. The van der Waals surface area contributed by atoms with Gasteiger partial charge in [-0.05, 0) is 30.0 Å². The summed E-state index contributed by atoms with van der Waals surface area (Å²) >= 11 is 6.17. The van der Waals surface area contributed by atoms with Crippen molar-refractivity contribution in [2.45, 2.75) is 26.0 Å². The fourth-order valence-corrected chi connectivity index (χ4v) is 2.90. The lowest BCUT2D eigenvalue weighted by molar-refractivity contribution is 0.0970. The number of rotatable bonds is 6. The minimum absolute atomic E-state index is 0.191. The van der Waals surface area contributed by atoms with Crippen molar-refractivity contribution in [2.24, 2.45) is 5.92 Å². The van der Waals surface area contributed by atoms with Gasteiger partial charge in [0.1, 0.15) is 0 Å². The molecule has 1 saturated heterocycles. The quantitative estimate of drug-likeness (QED) is 0.791. The zero-order valence-electron chi connectivity index (χ0n) is 12.8. The lowest BCUT2D eigenvalue weighted by Gasteiger charge is -2.37. The molecule has 1 fully saturated rings. The standard InChI is InChI=1S/C16H25ClN2O2/c1-12-11-19(7-5-16(12)20)15-9-14(17)4-3-13(15)10-18-6-8-21-2/h3-4,9,12,16,18,20H,5-8,10-11H2,1-2H3. The zero-order chi connectivity index (χ0) is 15.2. The van der Waals surface area contributed by atoms with Gasteiger partial charge in [0.05, 0.1) is 12.7 Å². The SMILES string of the molecule is COCCNCc1ccc(Cl)cc1N1CCC(O)C(C)C1. The van der Waals surface area contributed by atoms with Gasteiger partial charge >= 0.3 is 0 Å². The van der Waals surface area contributed by atoms with Crippen LogP contribution in [0.4, 0.5) is 5.69 Å². The Balaban J connectivity index is 2.07. The second kappa shape index (κ2) is 7.99. The number of methoxy groups -OCH3 is 1. The largest absolute Gasteiger partial charge is 0.393 e. The zero-order valence-corrected chi connectivity index (χ0v) is 13.6. The fourth-order valence-electron chi connectivity index (χ4n) is 2.73. The first-order valence-electron chi connectivity index (χ1n) is 7.53. The van der Waals surface area contributed by atoms with E-state index in [1.54, 1.807) is 7.11 Å². The fraction of sp³-hybridized carbons (Fsp3) is 0.625. The van der Waals surface area contributed by atoms with Crippen molar-refractivity contribution >= 4 is 17.3 Å². The summed E-state index contributed by atoms with van der Waals surface area (Å²) in [5.74, 6) is 0.284. The Morgan fingerprint density at radius 3 is 3.00 bits per heavy atom. The second-order valence-electron chi connectivity index (χ2n) is 5.72. The number of hydrogen-bond acceptors (Lipinski definition) is 4. The van der Waals surface area contributed by atoms with Gasteiger partial charge in [0, 0.05) is 44.0 Å². The number of hydrogen-bond donors (Lipinski definition) is 2. The van der Waals surface area contributed by atoms with Gasteiger partial charge in [0.25, 0.3) is 0 Å². The van der Waals surface area contributed by atoms with E-state index < -0.39 is 0 Å². The van der Waals surface area contributed by atoms with Crippen LogP contribution in [0.2, 0.25) is 5.02 Å². The lowest BCUT2D eigenvalue weighted by Crippen LogP contribution is -2.42. The predicted octanol–water partition coefficient (Wildman–Crippen LogP) is 2.28. The molecule has 118 valence electrons. The summed E-state index contributed by atoms with van der Waals surface area (Å²) in [6, 6.07) is 6.03. The molecule has 2 rings (SSSR count). The number of anilines is 1. The van der Waals surface area contributed by atoms with Crippen LogP contribution in [0.15, 0.2) is 18.2 Å². The maximum atomic E-state index is 9.89. The van der Waals surface area contributed by atoms with E-state index in [0.717, 1.165) is 37.6 Å². The van der Waals surface area contributed by atoms with Gasteiger partial charge in [0.15, 0.2) is 0 Å². The van der Waals surface area contributed by atoms with E-state index in [2.05, 4.69) is 23.2 Å². The smallest absolute Gasteiger partial charge is 0.0599 e. The molecule has 0 bridgehead atoms. The Labute approximate surface area is 132 Å². The van der Waals surface area contributed by atoms with Crippen molar-refractivity contribution in [1.29, 1.82) is 0 Å². The molecular weight excluding hydrogens is 288 g/mol. The molecule has 2 atom stereocenters. The Bertz CT molecular complexity index is 456. The van der Waals surface area contributed by atoms with Crippen molar-refractivity contribution in [3.05, 3.63) is 28.8 Å². The van der Waals surface area contributed by atoms with Crippen LogP contribution in [0.3, 0.4) is 0 Å². The molecule has 2 N–H and O–H groups in total. The number of benzene rings is 1. The van der Waals surface area contributed by atoms with Gasteiger partial charge in [-0.3, -0.25) is 0 Å². The summed E-state index contributed by atoms with van der Waals surface area (Å²) in [5.41, 5.74) is 2.41. The number of halogens is 1. The molecule has 0 amide bonds. The Hall–Kier alpha value is -0.810. The minimum Gasteiger partial charge on any atom is -0.393 e. The van der Waals surface area contributed by atoms with Crippen molar-refractivity contribution in [2.75, 3.05) is 38.3 Å². The minimum atomic E-state index is -0.191. The third-order valence-corrected chi connectivity index (χ3v) is 4.28. The molecule has 0 saturated carbocycles. The molecule has 21 heavy (non-hydrogen) atoms. The number of piperidine rings is 1. The highest BCUT2D eigenvalue weighted by Crippen LogP contribution is 2.29. The van der Waals surface area contributed by atoms with Crippen LogP contribution in [0.1, 0.15) is 18.9 Å². The molecule has 0 spiro atoms. The van der Waals surface area contributed by atoms with Gasteiger partial charge in [-0.1, -0.05) is 24.6 Å². The molecule has 2 unspecified atom stereocenters. The molecule has 1 aliphatic rings. The number of aliphatic hydroxyl groups is 1. The average Bonchev–Trinajstić information content (AvgIpc) is 2.48. The van der Waals surface area contributed by atoms with Gasteiger partial charge < -0.3 is 20.1 Å². The normalized spacial score (nSPS) is 22.6. The summed E-state index contributed by atoms with van der Waals surface area (Å²) in [7, 11) is 1.70. The Morgan fingerprint density at radius 1 is 1.48 bits per heavy atom. The second-order valence-corrected chi connectivity index (χ2v) is 6.16. The first-order valence-corrected chi connectivity index (χ1v) is 7.90. The predicted molar refractivity (Wildman–Crippen MR) is 87.0 cm³/mol. The molecule has 0 aromatic heterocycles. The van der Waals surface area contributed by atoms with Crippen LogP contribution in [-0.4, -0.2) is 44.6 Å². The highest BCUT2D eigenvalue weighted by Gasteiger charge is 2.25. The summed E-state index contributed by atoms with van der Waals surface area (Å²) in [6.45, 7) is 6.16. The summed E-state index contributed by atoms with van der Waals surface area (Å²) in [5, 5.41) is 14.0. The molecule has 1 aromatic rings. The van der Waals surface area contributed by atoms with Gasteiger partial charge in [0.2, 0.25) is 0 Å². The molecule has 4 nitrogen and oxygen atoms in total. The van der Waals surface area contributed by atoms with Crippen LogP contribution >= 0.6 is 11.6 Å². The van der Waals surface area contributed by atoms with E-state index in [1.165, 1.54) is 11.3 Å². The maximum Gasteiger partial charge on any atom is 0.0599 e. The molecule has 1 aromatic carbocycles. The summed E-state index contributed by atoms with van der Waals surface area (Å²) in [6.07, 6.45) is 0.619. The topological polar surface area (TPSA) is 44.7 Å². The van der Waals surface area contributed by atoms with E-state index in [4.69, 9.17) is 16.3 Å². The molecule has 1 aliphatic heterocycles. The highest BCUT2D eigenvalue weighted by atomic mass is 35.5. The van der Waals surface area contributed by atoms with E-state index in [0.29, 0.717) is 6.61 Å². The maximum absolute atomic E-state index is 9.89. The van der Waals surface area contributed by atoms with E-state index in [-0.39, 0.29) is 12.0 Å². The van der Waals surface area contributed by atoms with Crippen LogP contribution in [0.5, 0.6) is 0 Å². The van der Waals surface area contributed by atoms with Crippen LogP contribution < -0.4 is 10.2 Å². The number of nitrogens with one attached hydrogen (secondary N) is 1. The summed E-state index contributed by atoms with van der Waals surface area (Å²) in [4.78, 5) is 2.33. The molecule has 5 heteroatoms. The van der Waals surface area contributed by atoms with Crippen molar-refractivity contribution in [1.82, 2.24) is 5.32 Å². The van der Waals surface area contributed by atoms with Gasteiger partial charge in [-0.15, -0.1) is 0 Å². The lowest BCUT2D eigenvalue weighted by atomic mass is 9.95. The molecular formula is C16H25ClN2O2. The van der Waals surface area contributed by atoms with Crippen LogP contribution in [0, 0.1) is 5.92 Å². The monoisotopic (exact) mass is 312 g/mol. The van der Waals surface area contributed by atoms with E-state index >= 15 is 0 Å². The first kappa shape index (κ1) is 16.6. The average molecular weight is 313 g/mol. The molecule has 0 aliphatic carbocycles. The van der Waals surface area contributed by atoms with Crippen molar-refractivity contribution in [3.63, 3.8) is 0 Å². The first-order chi connectivity index (χ1) is 10.1. The Kier molecular flexibility index (Phi) is 6.30. The number of aliphatic hydroxyl groups excluding tert-OH is 1. The van der Waals surface area contributed by atoms with Crippen molar-refractivity contribution in [3.8, 4) is 0 Å². The summed E-state index contributed by atoms with van der Waals surface area (Å²) < 4.78 is 5.05. The van der Waals surface area contributed by atoms with E-state index in [1.807, 2.05) is 12.1 Å². The van der Waals surface area contributed by atoms with Crippen LogP contribution in [-0.2, 0) is 11.3 Å². The van der Waals surface area contributed by atoms with Crippen molar-refractivity contribution < 1.29 is 9.84 Å². The van der Waals surface area contributed by atoms with E-state index in [9.17, 15) is 5.11 Å². The van der Waals surface area contributed by atoms with Crippen LogP contribution in [0.25, 0.3) is 0 Å². The number of ether oxygens (including phenoxy) is 1. The highest BCUT2D eigenvalue weighted by molar-refractivity contribution is 6.30.